The number of rotatable bonds is 4. The van der Waals surface area contributed by atoms with Crippen molar-refractivity contribution in [2.24, 2.45) is 0 Å². The van der Waals surface area contributed by atoms with Crippen molar-refractivity contribution >= 4 is 32.6 Å². The number of carbonyl (C=O) groups is 1. The van der Waals surface area contributed by atoms with E-state index in [1.165, 1.54) is 22.5 Å². The molecule has 1 amide bonds. The fourth-order valence-corrected chi connectivity index (χ4v) is 3.43. The molecular weight excluding hydrogens is 320 g/mol. The fourth-order valence-electron chi connectivity index (χ4n) is 2.47. The predicted molar refractivity (Wildman–Crippen MR) is 99.0 cm³/mol. The van der Waals surface area contributed by atoms with Crippen LogP contribution in [-0.2, 0) is 4.79 Å². The van der Waals surface area contributed by atoms with Gasteiger partial charge in [-0.25, -0.2) is 4.98 Å². The second-order valence-electron chi connectivity index (χ2n) is 6.01. The maximum absolute atomic E-state index is 12.4. The van der Waals surface area contributed by atoms with Crippen molar-refractivity contribution in [3.05, 3.63) is 53.1 Å². The third kappa shape index (κ3) is 3.57. The van der Waals surface area contributed by atoms with E-state index >= 15 is 0 Å². The Morgan fingerprint density at radius 1 is 1.12 bits per heavy atom. The van der Waals surface area contributed by atoms with Gasteiger partial charge in [-0.2, -0.15) is 0 Å². The third-order valence-electron chi connectivity index (χ3n) is 3.78. The van der Waals surface area contributed by atoms with Gasteiger partial charge < -0.3 is 4.74 Å². The van der Waals surface area contributed by atoms with Crippen LogP contribution < -0.4 is 10.1 Å². The summed E-state index contributed by atoms with van der Waals surface area (Å²) in [5.41, 5.74) is 4.26. The van der Waals surface area contributed by atoms with Crippen LogP contribution in [-0.4, -0.2) is 17.0 Å². The number of carbonyl (C=O) groups excluding carboxylic acids is 1. The Morgan fingerprint density at radius 3 is 2.58 bits per heavy atom. The van der Waals surface area contributed by atoms with Gasteiger partial charge >= 0.3 is 0 Å². The van der Waals surface area contributed by atoms with Crippen molar-refractivity contribution in [3.8, 4) is 5.75 Å². The van der Waals surface area contributed by atoms with Crippen LogP contribution in [0.1, 0.15) is 23.6 Å². The van der Waals surface area contributed by atoms with E-state index in [4.69, 9.17) is 4.74 Å². The van der Waals surface area contributed by atoms with E-state index in [1.54, 1.807) is 6.92 Å². The second-order valence-corrected chi connectivity index (χ2v) is 7.04. The van der Waals surface area contributed by atoms with Gasteiger partial charge in [-0.05, 0) is 57.0 Å². The number of ether oxygens (including phenoxy) is 1. The molecule has 4 nitrogen and oxygen atoms in total. The van der Waals surface area contributed by atoms with Crippen LogP contribution in [0.4, 0.5) is 5.13 Å². The Bertz CT molecular complexity index is 902. The summed E-state index contributed by atoms with van der Waals surface area (Å²) in [4.78, 5) is 16.8. The summed E-state index contributed by atoms with van der Waals surface area (Å²) < 4.78 is 6.86. The van der Waals surface area contributed by atoms with Crippen LogP contribution in [0.2, 0.25) is 0 Å². The molecule has 0 saturated carbocycles. The van der Waals surface area contributed by atoms with E-state index in [2.05, 4.69) is 16.4 Å². The molecular formula is C19H20N2O2S. The number of benzene rings is 2. The van der Waals surface area contributed by atoms with Crippen LogP contribution in [0.25, 0.3) is 10.2 Å². The molecule has 5 heteroatoms. The lowest BCUT2D eigenvalue weighted by atomic mass is 10.1. The van der Waals surface area contributed by atoms with Crippen LogP contribution in [0.3, 0.4) is 0 Å². The molecule has 1 N–H and O–H groups in total. The van der Waals surface area contributed by atoms with Crippen molar-refractivity contribution < 1.29 is 9.53 Å². The number of nitrogens with zero attached hydrogens (tertiary/aromatic N) is 1. The van der Waals surface area contributed by atoms with E-state index in [1.807, 2.05) is 51.1 Å². The van der Waals surface area contributed by atoms with Crippen LogP contribution in [0, 0.1) is 20.8 Å². The summed E-state index contributed by atoms with van der Waals surface area (Å²) >= 11 is 1.47. The van der Waals surface area contributed by atoms with Gasteiger partial charge in [0.1, 0.15) is 5.75 Å². The zero-order valence-electron chi connectivity index (χ0n) is 14.2. The molecule has 1 heterocycles. The minimum atomic E-state index is -0.597. The van der Waals surface area contributed by atoms with Crippen molar-refractivity contribution in [3.63, 3.8) is 0 Å². The molecule has 0 unspecified atom stereocenters. The minimum absolute atomic E-state index is 0.203. The highest BCUT2D eigenvalue weighted by molar-refractivity contribution is 7.22. The summed E-state index contributed by atoms with van der Waals surface area (Å²) in [5.74, 6) is 0.522. The molecule has 0 aliphatic rings. The van der Waals surface area contributed by atoms with Crippen molar-refractivity contribution in [1.29, 1.82) is 0 Å². The highest BCUT2D eigenvalue weighted by atomic mass is 32.1. The molecule has 0 saturated heterocycles. The fraction of sp³-hybridized carbons (Fsp3) is 0.263. The first-order valence-corrected chi connectivity index (χ1v) is 8.66. The van der Waals surface area contributed by atoms with Crippen LogP contribution in [0.15, 0.2) is 36.4 Å². The number of hydrogen-bond acceptors (Lipinski definition) is 4. The topological polar surface area (TPSA) is 51.2 Å². The molecule has 3 rings (SSSR count). The average Bonchev–Trinajstić information content (AvgIpc) is 2.91. The van der Waals surface area contributed by atoms with E-state index in [0.29, 0.717) is 5.13 Å². The number of amides is 1. The zero-order valence-corrected chi connectivity index (χ0v) is 15.0. The van der Waals surface area contributed by atoms with Crippen molar-refractivity contribution in [2.45, 2.75) is 33.8 Å². The summed E-state index contributed by atoms with van der Waals surface area (Å²) in [7, 11) is 0. The molecule has 3 aromatic rings. The van der Waals surface area contributed by atoms with Crippen LogP contribution >= 0.6 is 11.3 Å². The molecule has 0 aliphatic heterocycles. The smallest absolute Gasteiger partial charge is 0.266 e. The van der Waals surface area contributed by atoms with Gasteiger partial charge in [0.05, 0.1) is 10.2 Å². The molecule has 0 fully saturated rings. The SMILES string of the molecule is Cc1ccc(O[C@H](C)C(=O)Nc2nc3ccc(C)cc3s2)c(C)c1. The number of nitrogens with one attached hydrogen (secondary N) is 1. The first-order valence-electron chi connectivity index (χ1n) is 7.84. The Morgan fingerprint density at radius 2 is 1.83 bits per heavy atom. The lowest BCUT2D eigenvalue weighted by Crippen LogP contribution is -2.30. The van der Waals surface area contributed by atoms with Crippen LogP contribution in [0.5, 0.6) is 5.75 Å². The Hall–Kier alpha value is -2.40. The first-order chi connectivity index (χ1) is 11.4. The number of hydrogen-bond donors (Lipinski definition) is 1. The first kappa shape index (κ1) is 16.5. The molecule has 0 radical (unpaired) electrons. The van der Waals surface area contributed by atoms with Crippen molar-refractivity contribution in [1.82, 2.24) is 4.98 Å². The van der Waals surface area contributed by atoms with Gasteiger partial charge in [0.2, 0.25) is 0 Å². The second kappa shape index (κ2) is 6.61. The van der Waals surface area contributed by atoms with E-state index in [0.717, 1.165) is 21.5 Å². The molecule has 2 aromatic carbocycles. The van der Waals surface area contributed by atoms with Gasteiger partial charge in [0.25, 0.3) is 5.91 Å². The molecule has 0 spiro atoms. The number of aryl methyl sites for hydroxylation is 3. The van der Waals surface area contributed by atoms with E-state index in [-0.39, 0.29) is 5.91 Å². The normalized spacial score (nSPS) is 12.2. The quantitative estimate of drug-likeness (QED) is 0.753. The third-order valence-corrected chi connectivity index (χ3v) is 4.71. The highest BCUT2D eigenvalue weighted by Crippen LogP contribution is 2.27. The van der Waals surface area contributed by atoms with Gasteiger partial charge in [-0.3, -0.25) is 10.1 Å². The van der Waals surface area contributed by atoms with E-state index in [9.17, 15) is 4.79 Å². The van der Waals surface area contributed by atoms with Gasteiger partial charge in [-0.1, -0.05) is 35.1 Å². The Kier molecular flexibility index (Phi) is 4.53. The molecule has 0 bridgehead atoms. The summed E-state index contributed by atoms with van der Waals surface area (Å²) in [6.07, 6.45) is -0.597. The van der Waals surface area contributed by atoms with Gasteiger partial charge in [-0.15, -0.1) is 0 Å². The number of aromatic nitrogens is 1. The largest absolute Gasteiger partial charge is 0.481 e. The maximum Gasteiger partial charge on any atom is 0.266 e. The maximum atomic E-state index is 12.4. The molecule has 1 atom stereocenters. The predicted octanol–water partition coefficient (Wildman–Crippen LogP) is 4.63. The lowest BCUT2D eigenvalue weighted by Gasteiger charge is -2.15. The van der Waals surface area contributed by atoms with E-state index < -0.39 is 6.10 Å². The minimum Gasteiger partial charge on any atom is -0.481 e. The summed E-state index contributed by atoms with van der Waals surface area (Å²) in [6, 6.07) is 12.0. The molecule has 24 heavy (non-hydrogen) atoms. The molecule has 124 valence electrons. The molecule has 0 aliphatic carbocycles. The number of anilines is 1. The monoisotopic (exact) mass is 340 g/mol. The summed E-state index contributed by atoms with van der Waals surface area (Å²) in [5, 5.41) is 3.44. The van der Waals surface area contributed by atoms with Gasteiger partial charge in [0.15, 0.2) is 11.2 Å². The standard InChI is InChI=1S/C19H20N2O2S/c1-11-6-8-16(13(3)9-11)23-14(4)18(22)21-19-20-15-7-5-12(2)10-17(15)24-19/h5-10,14H,1-4H3,(H,20,21,22)/t14-/m1/s1. The van der Waals surface area contributed by atoms with Gasteiger partial charge in [0, 0.05) is 0 Å². The Labute approximate surface area is 145 Å². The average molecular weight is 340 g/mol. The molecule has 1 aromatic heterocycles. The summed E-state index contributed by atoms with van der Waals surface area (Å²) in [6.45, 7) is 7.79. The lowest BCUT2D eigenvalue weighted by molar-refractivity contribution is -0.122. The Balaban J connectivity index is 1.70. The number of thiazole rings is 1. The number of fused-ring (bicyclic) bond motifs is 1. The highest BCUT2D eigenvalue weighted by Gasteiger charge is 2.17. The zero-order chi connectivity index (χ0) is 17.3. The van der Waals surface area contributed by atoms with Crippen molar-refractivity contribution in [2.75, 3.05) is 5.32 Å².